The van der Waals surface area contributed by atoms with E-state index in [2.05, 4.69) is 0 Å². The van der Waals surface area contributed by atoms with E-state index in [-0.39, 0.29) is 15.7 Å². The van der Waals surface area contributed by atoms with Crippen LogP contribution in [0.15, 0.2) is 35.2 Å². The summed E-state index contributed by atoms with van der Waals surface area (Å²) in [6.07, 6.45) is 0. The first-order valence-corrected chi connectivity index (χ1v) is 8.32. The first kappa shape index (κ1) is 16.6. The molecule has 0 aliphatic carbocycles. The van der Waals surface area contributed by atoms with Crippen LogP contribution in [-0.4, -0.2) is 8.42 Å². The van der Waals surface area contributed by atoms with Crippen LogP contribution >= 0.6 is 23.2 Å². The molecule has 22 heavy (non-hydrogen) atoms. The van der Waals surface area contributed by atoms with Crippen LogP contribution in [0.5, 0.6) is 5.75 Å². The van der Waals surface area contributed by atoms with Crippen molar-refractivity contribution in [3.63, 3.8) is 0 Å². The molecule has 0 unspecified atom stereocenters. The molecule has 0 saturated heterocycles. The number of halogens is 2. The highest BCUT2D eigenvalue weighted by atomic mass is 35.5. The largest absolute Gasteiger partial charge is 0.379 e. The quantitative estimate of drug-likeness (QED) is 0.771. The van der Waals surface area contributed by atoms with Crippen molar-refractivity contribution in [2.45, 2.75) is 18.7 Å². The van der Waals surface area contributed by atoms with Crippen LogP contribution in [-0.2, 0) is 10.1 Å². The van der Waals surface area contributed by atoms with Gasteiger partial charge in [0.15, 0.2) is 0 Å². The summed E-state index contributed by atoms with van der Waals surface area (Å²) in [5, 5.41) is 9.11. The number of aryl methyl sites for hydroxylation is 1. The smallest absolute Gasteiger partial charge is 0.341 e. The molecular formula is C15H11Cl2NO3S. The maximum Gasteiger partial charge on any atom is 0.341 e. The maximum absolute atomic E-state index is 12.5. The van der Waals surface area contributed by atoms with E-state index in [4.69, 9.17) is 32.6 Å². The summed E-state index contributed by atoms with van der Waals surface area (Å²) in [7, 11) is -4.14. The average Bonchev–Trinajstić information content (AvgIpc) is 2.45. The zero-order chi connectivity index (χ0) is 16.5. The van der Waals surface area contributed by atoms with Gasteiger partial charge in [-0.2, -0.15) is 13.7 Å². The molecule has 0 bridgehead atoms. The van der Waals surface area contributed by atoms with Gasteiger partial charge in [0.25, 0.3) is 0 Å². The SMILES string of the molecule is Cc1cc(Cl)c(C)c(S(=O)(=O)Oc2ccc(C#N)cc2)c1Cl. The standard InChI is InChI=1S/C15H11Cl2NO3S/c1-9-7-13(16)10(2)15(14(9)17)22(19,20)21-12-5-3-11(8-18)4-6-12/h3-7H,1-2H3. The van der Waals surface area contributed by atoms with Gasteiger partial charge in [0.05, 0.1) is 16.7 Å². The summed E-state index contributed by atoms with van der Waals surface area (Å²) in [5.74, 6) is 0.0899. The molecule has 0 aliphatic heterocycles. The lowest BCUT2D eigenvalue weighted by Gasteiger charge is -2.13. The Morgan fingerprint density at radius 3 is 2.27 bits per heavy atom. The van der Waals surface area contributed by atoms with Crippen LogP contribution in [0, 0.1) is 25.2 Å². The summed E-state index contributed by atoms with van der Waals surface area (Å²) in [5.41, 5.74) is 1.27. The Balaban J connectivity index is 2.49. The normalized spacial score (nSPS) is 11.0. The van der Waals surface area contributed by atoms with Crippen LogP contribution in [0.4, 0.5) is 0 Å². The predicted octanol–water partition coefficient (Wildman–Crippen LogP) is 4.25. The molecule has 0 radical (unpaired) electrons. The number of rotatable bonds is 3. The summed E-state index contributed by atoms with van der Waals surface area (Å²) in [6.45, 7) is 3.22. The topological polar surface area (TPSA) is 67.2 Å². The zero-order valence-electron chi connectivity index (χ0n) is 11.7. The minimum Gasteiger partial charge on any atom is -0.379 e. The molecule has 0 aliphatic rings. The second-order valence-corrected chi connectivity index (χ2v) is 6.89. The Morgan fingerprint density at radius 1 is 1.14 bits per heavy atom. The van der Waals surface area contributed by atoms with E-state index in [0.29, 0.717) is 21.7 Å². The molecule has 7 heteroatoms. The summed E-state index contributed by atoms with van der Waals surface area (Å²) >= 11 is 12.1. The maximum atomic E-state index is 12.5. The monoisotopic (exact) mass is 355 g/mol. The molecule has 114 valence electrons. The van der Waals surface area contributed by atoms with Crippen LogP contribution < -0.4 is 4.18 Å². The van der Waals surface area contributed by atoms with Gasteiger partial charge in [0, 0.05) is 5.02 Å². The molecular weight excluding hydrogens is 345 g/mol. The highest BCUT2D eigenvalue weighted by molar-refractivity contribution is 7.87. The molecule has 4 nitrogen and oxygen atoms in total. The van der Waals surface area contributed by atoms with Crippen molar-refractivity contribution in [2.24, 2.45) is 0 Å². The number of hydrogen-bond acceptors (Lipinski definition) is 4. The van der Waals surface area contributed by atoms with Crippen molar-refractivity contribution in [3.8, 4) is 11.8 Å². The Morgan fingerprint density at radius 2 is 1.73 bits per heavy atom. The molecule has 2 rings (SSSR count). The third-order valence-electron chi connectivity index (χ3n) is 3.03. The zero-order valence-corrected chi connectivity index (χ0v) is 14.1. The van der Waals surface area contributed by atoms with Crippen molar-refractivity contribution < 1.29 is 12.6 Å². The van der Waals surface area contributed by atoms with Crippen molar-refractivity contribution in [2.75, 3.05) is 0 Å². The second-order valence-electron chi connectivity index (χ2n) is 4.62. The fourth-order valence-corrected chi connectivity index (χ4v) is 3.97. The van der Waals surface area contributed by atoms with E-state index in [0.717, 1.165) is 0 Å². The van der Waals surface area contributed by atoms with E-state index in [9.17, 15) is 8.42 Å². The van der Waals surface area contributed by atoms with Crippen LogP contribution in [0.1, 0.15) is 16.7 Å². The van der Waals surface area contributed by atoms with Gasteiger partial charge < -0.3 is 4.18 Å². The van der Waals surface area contributed by atoms with Gasteiger partial charge in [-0.3, -0.25) is 0 Å². The Kier molecular flexibility index (Phi) is 4.66. The van der Waals surface area contributed by atoms with E-state index in [1.807, 2.05) is 6.07 Å². The lowest BCUT2D eigenvalue weighted by atomic mass is 10.2. The first-order valence-electron chi connectivity index (χ1n) is 6.16. The van der Waals surface area contributed by atoms with E-state index in [1.165, 1.54) is 24.3 Å². The molecule has 0 spiro atoms. The Bertz CT molecular complexity index is 843. The Labute approximate surface area is 139 Å². The van der Waals surface area contributed by atoms with Gasteiger partial charge in [-0.15, -0.1) is 0 Å². The lowest BCUT2D eigenvalue weighted by Crippen LogP contribution is -2.13. The number of nitriles is 1. The summed E-state index contributed by atoms with van der Waals surface area (Å²) in [6, 6.07) is 9.26. The molecule has 2 aromatic rings. The van der Waals surface area contributed by atoms with Crippen LogP contribution in [0.2, 0.25) is 10.0 Å². The van der Waals surface area contributed by atoms with Gasteiger partial charge in [0.2, 0.25) is 0 Å². The summed E-state index contributed by atoms with van der Waals surface area (Å²) in [4.78, 5) is -0.150. The van der Waals surface area contributed by atoms with Crippen molar-refractivity contribution in [3.05, 3.63) is 57.1 Å². The van der Waals surface area contributed by atoms with Crippen molar-refractivity contribution in [1.29, 1.82) is 5.26 Å². The molecule has 0 N–H and O–H groups in total. The van der Waals surface area contributed by atoms with Crippen LogP contribution in [0.3, 0.4) is 0 Å². The minimum absolute atomic E-state index is 0.0792. The van der Waals surface area contributed by atoms with Gasteiger partial charge in [-0.05, 0) is 55.3 Å². The summed E-state index contributed by atoms with van der Waals surface area (Å²) < 4.78 is 30.0. The molecule has 0 fully saturated rings. The lowest BCUT2D eigenvalue weighted by molar-refractivity contribution is 0.485. The number of hydrogen-bond donors (Lipinski definition) is 0. The molecule has 0 saturated carbocycles. The van der Waals surface area contributed by atoms with Gasteiger partial charge >= 0.3 is 10.1 Å². The fraction of sp³-hybridized carbons (Fsp3) is 0.133. The van der Waals surface area contributed by atoms with E-state index in [1.54, 1.807) is 19.9 Å². The fourth-order valence-electron chi connectivity index (χ4n) is 1.86. The van der Waals surface area contributed by atoms with Crippen LogP contribution in [0.25, 0.3) is 0 Å². The predicted molar refractivity (Wildman–Crippen MR) is 84.9 cm³/mol. The average molecular weight is 356 g/mol. The third kappa shape index (κ3) is 3.20. The molecule has 2 aromatic carbocycles. The number of benzene rings is 2. The molecule has 0 atom stereocenters. The highest BCUT2D eigenvalue weighted by Crippen LogP contribution is 2.34. The highest BCUT2D eigenvalue weighted by Gasteiger charge is 2.26. The second kappa shape index (κ2) is 6.17. The minimum atomic E-state index is -4.14. The molecule has 0 amide bonds. The van der Waals surface area contributed by atoms with Crippen molar-refractivity contribution >= 4 is 33.3 Å². The number of nitrogens with zero attached hydrogens (tertiary/aromatic N) is 1. The van der Waals surface area contributed by atoms with Gasteiger partial charge in [-0.1, -0.05) is 23.2 Å². The first-order chi connectivity index (χ1) is 10.3. The van der Waals surface area contributed by atoms with Gasteiger partial charge in [0.1, 0.15) is 10.6 Å². The van der Waals surface area contributed by atoms with E-state index < -0.39 is 10.1 Å². The van der Waals surface area contributed by atoms with E-state index >= 15 is 0 Å². The van der Waals surface area contributed by atoms with Gasteiger partial charge in [-0.25, -0.2) is 0 Å². The third-order valence-corrected chi connectivity index (χ3v) is 5.44. The Hall–Kier alpha value is -1.74. The van der Waals surface area contributed by atoms with Crippen molar-refractivity contribution in [1.82, 2.24) is 0 Å². The molecule has 0 heterocycles. The molecule has 0 aromatic heterocycles.